The molecule has 1 unspecified atom stereocenters. The molecule has 2 aliphatic rings. The second kappa shape index (κ2) is 5.72. The molecule has 0 aliphatic heterocycles. The van der Waals surface area contributed by atoms with Crippen molar-refractivity contribution in [1.82, 2.24) is 24.6 Å². The Bertz CT molecular complexity index is 831. The van der Waals surface area contributed by atoms with Crippen LogP contribution in [0.3, 0.4) is 0 Å². The summed E-state index contributed by atoms with van der Waals surface area (Å²) < 4.78 is 1.58. The third-order valence-electron chi connectivity index (χ3n) is 5.20. The molecule has 0 spiro atoms. The number of amides is 1. The third-order valence-corrected chi connectivity index (χ3v) is 5.20. The number of carbonyl (C=O) groups excluding carboxylic acids is 1. The van der Waals surface area contributed by atoms with E-state index in [1.807, 2.05) is 0 Å². The predicted octanol–water partition coefficient (Wildman–Crippen LogP) is 1.38. The molecular formula is C17H23N5O2. The second-order valence-corrected chi connectivity index (χ2v) is 7.13. The highest BCUT2D eigenvalue weighted by Crippen LogP contribution is 2.40. The minimum atomic E-state index is -0.194. The smallest absolute Gasteiger partial charge is 0.262 e. The van der Waals surface area contributed by atoms with Gasteiger partial charge in [0.15, 0.2) is 5.65 Å². The summed E-state index contributed by atoms with van der Waals surface area (Å²) in [6, 6.07) is 0.774. The van der Waals surface area contributed by atoms with E-state index in [0.717, 1.165) is 12.8 Å². The fourth-order valence-electron chi connectivity index (χ4n) is 3.47. The molecule has 2 heterocycles. The first-order chi connectivity index (χ1) is 11.5. The summed E-state index contributed by atoms with van der Waals surface area (Å²) in [7, 11) is 1.76. The van der Waals surface area contributed by atoms with Crippen LogP contribution in [0.4, 0.5) is 0 Å². The summed E-state index contributed by atoms with van der Waals surface area (Å²) in [5.74, 6) is 1.42. The fourth-order valence-corrected chi connectivity index (χ4v) is 3.47. The van der Waals surface area contributed by atoms with E-state index in [0.29, 0.717) is 47.7 Å². The van der Waals surface area contributed by atoms with Crippen molar-refractivity contribution in [2.45, 2.75) is 57.5 Å². The molecule has 2 aliphatic carbocycles. The monoisotopic (exact) mass is 329 g/mol. The maximum absolute atomic E-state index is 12.7. The number of hydrogen-bond acceptors (Lipinski definition) is 4. The molecule has 7 heteroatoms. The van der Waals surface area contributed by atoms with E-state index in [4.69, 9.17) is 0 Å². The quantitative estimate of drug-likeness (QED) is 0.868. The van der Waals surface area contributed by atoms with Gasteiger partial charge in [0.05, 0.1) is 6.20 Å². The van der Waals surface area contributed by atoms with E-state index in [-0.39, 0.29) is 11.5 Å². The largest absolute Gasteiger partial charge is 0.337 e. The number of fused-ring (bicyclic) bond motifs is 1. The van der Waals surface area contributed by atoms with Gasteiger partial charge in [-0.05, 0) is 38.5 Å². The van der Waals surface area contributed by atoms with Gasteiger partial charge in [-0.15, -0.1) is 0 Å². The molecule has 24 heavy (non-hydrogen) atoms. The number of carbonyl (C=O) groups is 1. The average molecular weight is 329 g/mol. The van der Waals surface area contributed by atoms with E-state index in [9.17, 15) is 9.59 Å². The van der Waals surface area contributed by atoms with Crippen LogP contribution in [0.25, 0.3) is 11.0 Å². The van der Waals surface area contributed by atoms with Crippen molar-refractivity contribution < 1.29 is 4.79 Å². The lowest BCUT2D eigenvalue weighted by molar-refractivity contribution is -0.134. The fraction of sp³-hybridized carbons (Fsp3) is 0.647. The molecule has 2 saturated carbocycles. The Kier molecular flexibility index (Phi) is 3.66. The third kappa shape index (κ3) is 2.83. The number of aromatic amines is 1. The van der Waals surface area contributed by atoms with E-state index in [1.165, 1.54) is 19.0 Å². The lowest BCUT2D eigenvalue weighted by atomic mass is 10.1. The molecule has 0 aromatic carbocycles. The number of nitrogens with one attached hydrogen (secondary N) is 1. The molecule has 2 aromatic rings. The normalized spacial score (nSPS) is 18.8. The molecular weight excluding hydrogens is 306 g/mol. The molecule has 1 amide bonds. The highest BCUT2D eigenvalue weighted by molar-refractivity contribution is 5.77. The van der Waals surface area contributed by atoms with Crippen LogP contribution in [0, 0.1) is 5.92 Å². The Morgan fingerprint density at radius 3 is 2.83 bits per heavy atom. The SMILES string of the molecule is CC(C1CC1)N(C(=O)CCc1nc2c(cnn2C)c(=O)[nH]1)C1CC1. The van der Waals surface area contributed by atoms with Crippen LogP contribution in [-0.4, -0.2) is 42.6 Å². The maximum Gasteiger partial charge on any atom is 0.262 e. The van der Waals surface area contributed by atoms with E-state index in [1.54, 1.807) is 11.7 Å². The Hall–Kier alpha value is -2.18. The molecule has 0 bridgehead atoms. The molecule has 0 saturated heterocycles. The Morgan fingerprint density at radius 1 is 1.42 bits per heavy atom. The van der Waals surface area contributed by atoms with Crippen LogP contribution in [-0.2, 0) is 18.3 Å². The lowest BCUT2D eigenvalue weighted by Gasteiger charge is -2.29. The summed E-state index contributed by atoms with van der Waals surface area (Å²) in [4.78, 5) is 34.1. The number of nitrogens with zero attached hydrogens (tertiary/aromatic N) is 4. The van der Waals surface area contributed by atoms with Gasteiger partial charge >= 0.3 is 0 Å². The van der Waals surface area contributed by atoms with Gasteiger partial charge in [0.2, 0.25) is 5.91 Å². The van der Waals surface area contributed by atoms with Gasteiger partial charge in [0, 0.05) is 32.0 Å². The highest BCUT2D eigenvalue weighted by Gasteiger charge is 2.41. The van der Waals surface area contributed by atoms with Crippen molar-refractivity contribution in [2.75, 3.05) is 0 Å². The molecule has 2 aromatic heterocycles. The van der Waals surface area contributed by atoms with Gasteiger partial charge in [-0.1, -0.05) is 0 Å². The first-order valence-corrected chi connectivity index (χ1v) is 8.76. The number of rotatable bonds is 6. The maximum atomic E-state index is 12.7. The number of aromatic nitrogens is 4. The van der Waals surface area contributed by atoms with Gasteiger partial charge < -0.3 is 9.88 Å². The molecule has 2 fully saturated rings. The Balaban J connectivity index is 1.48. The molecule has 7 nitrogen and oxygen atoms in total. The van der Waals surface area contributed by atoms with E-state index < -0.39 is 0 Å². The van der Waals surface area contributed by atoms with Crippen molar-refractivity contribution in [3.8, 4) is 0 Å². The number of H-pyrrole nitrogens is 1. The van der Waals surface area contributed by atoms with Crippen LogP contribution < -0.4 is 5.56 Å². The van der Waals surface area contributed by atoms with Crippen molar-refractivity contribution in [3.63, 3.8) is 0 Å². The van der Waals surface area contributed by atoms with Crippen LogP contribution >= 0.6 is 0 Å². The van der Waals surface area contributed by atoms with Crippen LogP contribution in [0.1, 0.15) is 44.9 Å². The van der Waals surface area contributed by atoms with Crippen LogP contribution in [0.2, 0.25) is 0 Å². The molecule has 4 rings (SSSR count). The number of hydrogen-bond donors (Lipinski definition) is 1. The molecule has 1 atom stereocenters. The summed E-state index contributed by atoms with van der Waals surface area (Å²) in [5, 5.41) is 4.54. The summed E-state index contributed by atoms with van der Waals surface area (Å²) in [6.45, 7) is 2.18. The van der Waals surface area contributed by atoms with Gasteiger partial charge in [0.1, 0.15) is 11.2 Å². The predicted molar refractivity (Wildman–Crippen MR) is 89.5 cm³/mol. The van der Waals surface area contributed by atoms with Crippen molar-refractivity contribution in [1.29, 1.82) is 0 Å². The summed E-state index contributed by atoms with van der Waals surface area (Å²) >= 11 is 0. The average Bonchev–Trinajstić information content (AvgIpc) is 3.44. The topological polar surface area (TPSA) is 83.9 Å². The summed E-state index contributed by atoms with van der Waals surface area (Å²) in [6.07, 6.45) is 7.09. The standard InChI is InChI=1S/C17H23N5O2/c1-10(11-3-4-11)22(12-5-6-12)15(23)8-7-14-19-16-13(17(24)20-14)9-18-21(16)2/h9-12H,3-8H2,1-2H3,(H,19,20,24). The Morgan fingerprint density at radius 2 is 2.17 bits per heavy atom. The first kappa shape index (κ1) is 15.4. The lowest BCUT2D eigenvalue weighted by Crippen LogP contribution is -2.41. The minimum absolute atomic E-state index is 0.185. The van der Waals surface area contributed by atoms with Gasteiger partial charge in [0.25, 0.3) is 5.56 Å². The van der Waals surface area contributed by atoms with Crippen molar-refractivity contribution >= 4 is 16.9 Å². The second-order valence-electron chi connectivity index (χ2n) is 7.13. The zero-order chi connectivity index (χ0) is 16.8. The van der Waals surface area contributed by atoms with Gasteiger partial charge in [-0.3, -0.25) is 14.3 Å². The minimum Gasteiger partial charge on any atom is -0.337 e. The zero-order valence-corrected chi connectivity index (χ0v) is 14.2. The summed E-state index contributed by atoms with van der Waals surface area (Å²) in [5.41, 5.74) is 0.368. The van der Waals surface area contributed by atoms with E-state index in [2.05, 4.69) is 26.9 Å². The van der Waals surface area contributed by atoms with Crippen molar-refractivity contribution in [2.24, 2.45) is 13.0 Å². The molecule has 0 radical (unpaired) electrons. The zero-order valence-electron chi connectivity index (χ0n) is 14.2. The van der Waals surface area contributed by atoms with Gasteiger partial charge in [-0.2, -0.15) is 5.10 Å². The molecule has 1 N–H and O–H groups in total. The van der Waals surface area contributed by atoms with E-state index >= 15 is 0 Å². The highest BCUT2D eigenvalue weighted by atomic mass is 16.2. The number of aryl methyl sites for hydroxylation is 2. The molecule has 128 valence electrons. The van der Waals surface area contributed by atoms with Crippen LogP contribution in [0.15, 0.2) is 11.0 Å². The first-order valence-electron chi connectivity index (χ1n) is 8.76. The Labute approximate surface area is 140 Å². The van der Waals surface area contributed by atoms with Crippen molar-refractivity contribution in [3.05, 3.63) is 22.4 Å². The van der Waals surface area contributed by atoms with Crippen LogP contribution in [0.5, 0.6) is 0 Å². The van der Waals surface area contributed by atoms with Gasteiger partial charge in [-0.25, -0.2) is 4.98 Å².